The van der Waals surface area contributed by atoms with Gasteiger partial charge in [-0.05, 0) is 37.7 Å². The van der Waals surface area contributed by atoms with Gasteiger partial charge in [-0.2, -0.15) is 0 Å². The zero-order chi connectivity index (χ0) is 12.7. The van der Waals surface area contributed by atoms with Gasteiger partial charge in [0.2, 0.25) is 0 Å². The Bertz CT molecular complexity index is 392. The summed E-state index contributed by atoms with van der Waals surface area (Å²) in [6.07, 6.45) is 2.12. The molecular formula is C15H22O2. The lowest BCUT2D eigenvalue weighted by molar-refractivity contribution is -0.136. The van der Waals surface area contributed by atoms with E-state index in [0.717, 1.165) is 24.8 Å². The van der Waals surface area contributed by atoms with Crippen molar-refractivity contribution in [2.45, 2.75) is 46.1 Å². The number of Topliss-reactive ketones (excluding diaryl/α,β-unsaturated/α-hetero) is 1. The van der Waals surface area contributed by atoms with E-state index >= 15 is 0 Å². The van der Waals surface area contributed by atoms with Gasteiger partial charge >= 0.3 is 0 Å². The Labute approximate surface area is 103 Å². The van der Waals surface area contributed by atoms with Crippen LogP contribution in [0.25, 0.3) is 0 Å². The normalized spacial score (nSPS) is 38.0. The lowest BCUT2D eigenvalue weighted by atomic mass is 9.64. The van der Waals surface area contributed by atoms with Crippen LogP contribution in [0.15, 0.2) is 23.3 Å². The second kappa shape index (κ2) is 4.41. The van der Waals surface area contributed by atoms with Gasteiger partial charge in [-0.1, -0.05) is 31.6 Å². The molecule has 0 aliphatic heterocycles. The number of hydrogen-bond donors (Lipinski definition) is 1. The number of allylic oxidation sites excluding steroid dienone is 2. The summed E-state index contributed by atoms with van der Waals surface area (Å²) in [4.78, 5) is 11.9. The van der Waals surface area contributed by atoms with Crippen LogP contribution in [-0.4, -0.2) is 17.0 Å². The van der Waals surface area contributed by atoms with Crippen LogP contribution in [-0.2, 0) is 4.79 Å². The predicted molar refractivity (Wildman–Crippen MR) is 68.5 cm³/mol. The molecule has 0 aromatic carbocycles. The van der Waals surface area contributed by atoms with Crippen molar-refractivity contribution in [2.75, 3.05) is 0 Å². The monoisotopic (exact) mass is 234 g/mol. The van der Waals surface area contributed by atoms with E-state index in [-0.39, 0.29) is 17.6 Å². The molecule has 0 spiro atoms. The molecule has 0 bridgehead atoms. The molecule has 0 amide bonds. The highest BCUT2D eigenvalue weighted by atomic mass is 16.3. The Morgan fingerprint density at radius 3 is 2.65 bits per heavy atom. The molecule has 4 unspecified atom stereocenters. The summed E-state index contributed by atoms with van der Waals surface area (Å²) in [7, 11) is 0. The summed E-state index contributed by atoms with van der Waals surface area (Å²) in [6, 6.07) is 0. The van der Waals surface area contributed by atoms with E-state index < -0.39 is 6.10 Å². The molecule has 0 saturated heterocycles. The van der Waals surface area contributed by atoms with Gasteiger partial charge in [-0.3, -0.25) is 4.79 Å². The first-order valence-corrected chi connectivity index (χ1v) is 6.53. The third-order valence-corrected chi connectivity index (χ3v) is 4.41. The fourth-order valence-corrected chi connectivity index (χ4v) is 3.40. The first kappa shape index (κ1) is 12.6. The number of aliphatic hydroxyl groups excluding tert-OH is 1. The maximum absolute atomic E-state index is 11.9. The van der Waals surface area contributed by atoms with Crippen LogP contribution >= 0.6 is 0 Å². The molecular weight excluding hydrogens is 212 g/mol. The third kappa shape index (κ3) is 1.99. The van der Waals surface area contributed by atoms with Crippen LogP contribution in [0.4, 0.5) is 0 Å². The molecule has 2 aliphatic rings. The van der Waals surface area contributed by atoms with Crippen molar-refractivity contribution < 1.29 is 9.90 Å². The minimum atomic E-state index is -0.793. The first-order valence-electron chi connectivity index (χ1n) is 6.53. The molecule has 2 nitrogen and oxygen atoms in total. The maximum Gasteiger partial charge on any atom is 0.164 e. The van der Waals surface area contributed by atoms with E-state index in [1.807, 2.05) is 13.8 Å². The minimum absolute atomic E-state index is 0.0218. The number of aliphatic hydroxyl groups is 1. The molecule has 0 heterocycles. The van der Waals surface area contributed by atoms with Crippen LogP contribution in [0.1, 0.15) is 40.0 Å². The van der Waals surface area contributed by atoms with Crippen molar-refractivity contribution in [3.8, 4) is 0 Å². The summed E-state index contributed by atoms with van der Waals surface area (Å²) in [5.74, 6) is 0.420. The molecule has 0 aromatic heterocycles. The predicted octanol–water partition coefficient (Wildman–Crippen LogP) is 2.88. The van der Waals surface area contributed by atoms with Crippen LogP contribution in [0.5, 0.6) is 0 Å². The molecule has 2 heteroatoms. The molecule has 17 heavy (non-hydrogen) atoms. The van der Waals surface area contributed by atoms with Crippen molar-refractivity contribution >= 4 is 5.78 Å². The number of ketones is 1. The molecule has 2 rings (SSSR count). The second-order valence-corrected chi connectivity index (χ2v) is 5.78. The Kier molecular flexibility index (Phi) is 3.26. The van der Waals surface area contributed by atoms with Crippen molar-refractivity contribution in [2.24, 2.45) is 17.8 Å². The average Bonchev–Trinajstić information content (AvgIpc) is 2.25. The summed E-state index contributed by atoms with van der Waals surface area (Å²) < 4.78 is 0. The Balaban J connectivity index is 2.46. The summed E-state index contributed by atoms with van der Waals surface area (Å²) in [5, 5.41) is 10.2. The molecule has 4 atom stereocenters. The smallest absolute Gasteiger partial charge is 0.164 e. The topological polar surface area (TPSA) is 37.3 Å². The summed E-state index contributed by atoms with van der Waals surface area (Å²) >= 11 is 0. The summed E-state index contributed by atoms with van der Waals surface area (Å²) in [5.41, 5.74) is 3.72. The molecule has 0 aromatic rings. The third-order valence-electron chi connectivity index (χ3n) is 4.41. The molecule has 1 N–H and O–H groups in total. The Morgan fingerprint density at radius 2 is 2.06 bits per heavy atom. The van der Waals surface area contributed by atoms with E-state index in [9.17, 15) is 9.90 Å². The van der Waals surface area contributed by atoms with Gasteiger partial charge in [-0.25, -0.2) is 0 Å². The van der Waals surface area contributed by atoms with E-state index in [0.29, 0.717) is 5.92 Å². The van der Waals surface area contributed by atoms with Gasteiger partial charge in [0.15, 0.2) is 5.78 Å². The van der Waals surface area contributed by atoms with Gasteiger partial charge in [-0.15, -0.1) is 0 Å². The van der Waals surface area contributed by atoms with Gasteiger partial charge < -0.3 is 5.11 Å². The minimum Gasteiger partial charge on any atom is -0.385 e. The van der Waals surface area contributed by atoms with E-state index in [2.05, 4.69) is 13.5 Å². The molecule has 1 fully saturated rings. The first-order chi connectivity index (χ1) is 7.93. The lowest BCUT2D eigenvalue weighted by Crippen LogP contribution is -2.44. The highest BCUT2D eigenvalue weighted by molar-refractivity contribution is 5.87. The highest BCUT2D eigenvalue weighted by Gasteiger charge is 2.43. The fraction of sp³-hybridized carbons (Fsp3) is 0.667. The van der Waals surface area contributed by atoms with Gasteiger partial charge in [0.25, 0.3) is 0 Å². The van der Waals surface area contributed by atoms with E-state index in [4.69, 9.17) is 0 Å². The zero-order valence-corrected chi connectivity index (χ0v) is 11.0. The van der Waals surface area contributed by atoms with Crippen LogP contribution in [0.2, 0.25) is 0 Å². The number of carbonyl (C=O) groups excluding carboxylic acids is 1. The van der Waals surface area contributed by atoms with Crippen LogP contribution in [0.3, 0.4) is 0 Å². The SMILES string of the molecule is C=C(C)C1=C2CC(C)C(=O)C(O)C2C(C)CC1. The second-order valence-electron chi connectivity index (χ2n) is 5.78. The van der Waals surface area contributed by atoms with E-state index in [1.54, 1.807) is 0 Å². The number of carbonyl (C=O) groups is 1. The van der Waals surface area contributed by atoms with Crippen molar-refractivity contribution in [3.63, 3.8) is 0 Å². The number of fused-ring (bicyclic) bond motifs is 1. The van der Waals surface area contributed by atoms with Gasteiger partial charge in [0, 0.05) is 11.8 Å². The van der Waals surface area contributed by atoms with Crippen LogP contribution in [0, 0.1) is 17.8 Å². The molecule has 0 radical (unpaired) electrons. The van der Waals surface area contributed by atoms with E-state index in [1.165, 1.54) is 11.1 Å². The lowest BCUT2D eigenvalue weighted by Gasteiger charge is -2.41. The Hall–Kier alpha value is -0.890. The standard InChI is InChI=1S/C15H22O2/c1-8(2)11-6-5-9(3)13-12(11)7-10(4)14(16)15(13)17/h9-10,13,15,17H,1,5-7H2,2-4H3. The number of rotatable bonds is 1. The molecule has 1 saturated carbocycles. The van der Waals surface area contributed by atoms with Gasteiger partial charge in [0.1, 0.15) is 6.10 Å². The average molecular weight is 234 g/mol. The number of hydrogen-bond acceptors (Lipinski definition) is 2. The highest BCUT2D eigenvalue weighted by Crippen LogP contribution is 2.45. The Morgan fingerprint density at radius 1 is 1.41 bits per heavy atom. The zero-order valence-electron chi connectivity index (χ0n) is 11.0. The van der Waals surface area contributed by atoms with Crippen molar-refractivity contribution in [3.05, 3.63) is 23.3 Å². The maximum atomic E-state index is 11.9. The quantitative estimate of drug-likeness (QED) is 0.757. The van der Waals surface area contributed by atoms with Crippen molar-refractivity contribution in [1.29, 1.82) is 0 Å². The van der Waals surface area contributed by atoms with Crippen molar-refractivity contribution in [1.82, 2.24) is 0 Å². The van der Waals surface area contributed by atoms with Crippen LogP contribution < -0.4 is 0 Å². The summed E-state index contributed by atoms with van der Waals surface area (Å²) in [6.45, 7) is 10.1. The fourth-order valence-electron chi connectivity index (χ4n) is 3.40. The molecule has 94 valence electrons. The molecule has 2 aliphatic carbocycles. The van der Waals surface area contributed by atoms with Gasteiger partial charge in [0.05, 0.1) is 0 Å². The largest absolute Gasteiger partial charge is 0.385 e.